The first-order valence-corrected chi connectivity index (χ1v) is 7.16. The number of nitrogens with one attached hydrogen (secondary N) is 1. The van der Waals surface area contributed by atoms with Gasteiger partial charge in [-0.1, -0.05) is 0 Å². The van der Waals surface area contributed by atoms with Crippen molar-refractivity contribution < 1.29 is 8.42 Å². The third kappa shape index (κ3) is 3.49. The fourth-order valence-corrected chi connectivity index (χ4v) is 2.68. The molecule has 0 bridgehead atoms. The molecule has 0 fully saturated rings. The maximum absolute atomic E-state index is 12.0. The zero-order valence-electron chi connectivity index (χ0n) is 10.7. The average molecular weight is 266 g/mol. The molecule has 0 radical (unpaired) electrons. The van der Waals surface area contributed by atoms with Crippen LogP contribution in [0.2, 0.25) is 0 Å². The highest BCUT2D eigenvalue weighted by atomic mass is 32.2. The van der Waals surface area contributed by atoms with Crippen LogP contribution in [0.4, 0.5) is 5.69 Å². The normalized spacial score (nSPS) is 11.2. The second-order valence-electron chi connectivity index (χ2n) is 4.16. The number of sulfonamides is 1. The number of terminal acetylenes is 1. The van der Waals surface area contributed by atoms with E-state index in [0.717, 1.165) is 11.1 Å². The van der Waals surface area contributed by atoms with Crippen LogP contribution in [-0.4, -0.2) is 15.0 Å². The maximum Gasteiger partial charge on any atom is 0.240 e. The highest BCUT2D eigenvalue weighted by molar-refractivity contribution is 7.89. The molecule has 1 aromatic rings. The predicted molar refractivity (Wildman–Crippen MR) is 73.6 cm³/mol. The molecule has 0 heterocycles. The van der Waals surface area contributed by atoms with E-state index in [9.17, 15) is 8.42 Å². The van der Waals surface area contributed by atoms with Crippen LogP contribution in [0.3, 0.4) is 0 Å². The SMILES string of the molecule is C#CCCCNS(=O)(=O)c1cc(C)c(C)c(N)c1. The smallest absolute Gasteiger partial charge is 0.240 e. The van der Waals surface area contributed by atoms with Gasteiger partial charge < -0.3 is 5.73 Å². The number of anilines is 1. The van der Waals surface area contributed by atoms with Crippen LogP contribution in [0.5, 0.6) is 0 Å². The Morgan fingerprint density at radius 3 is 2.61 bits per heavy atom. The molecule has 0 aromatic heterocycles. The van der Waals surface area contributed by atoms with Crippen molar-refractivity contribution in [2.45, 2.75) is 31.6 Å². The van der Waals surface area contributed by atoms with Gasteiger partial charge in [-0.2, -0.15) is 0 Å². The monoisotopic (exact) mass is 266 g/mol. The van der Waals surface area contributed by atoms with E-state index >= 15 is 0 Å². The molecule has 1 rings (SSSR count). The number of rotatable bonds is 5. The lowest BCUT2D eigenvalue weighted by Crippen LogP contribution is -2.25. The standard InChI is InChI=1S/C13H18N2O2S/c1-4-5-6-7-15-18(16,17)12-8-10(2)11(3)13(14)9-12/h1,8-9,15H,5-7,14H2,2-3H3. The molecule has 4 nitrogen and oxygen atoms in total. The Kier molecular flexibility index (Phi) is 4.76. The van der Waals surface area contributed by atoms with Crippen molar-refractivity contribution in [2.24, 2.45) is 0 Å². The van der Waals surface area contributed by atoms with E-state index in [1.165, 1.54) is 6.07 Å². The number of hydrogen-bond acceptors (Lipinski definition) is 3. The molecular weight excluding hydrogens is 248 g/mol. The van der Waals surface area contributed by atoms with Crippen LogP contribution in [0.15, 0.2) is 17.0 Å². The van der Waals surface area contributed by atoms with E-state index in [1.807, 2.05) is 13.8 Å². The van der Waals surface area contributed by atoms with Crippen molar-refractivity contribution in [3.05, 3.63) is 23.3 Å². The quantitative estimate of drug-likeness (QED) is 0.483. The summed E-state index contributed by atoms with van der Waals surface area (Å²) >= 11 is 0. The van der Waals surface area contributed by atoms with E-state index in [-0.39, 0.29) is 4.90 Å². The van der Waals surface area contributed by atoms with Crippen molar-refractivity contribution in [3.63, 3.8) is 0 Å². The Labute approximate surface area is 109 Å². The van der Waals surface area contributed by atoms with Gasteiger partial charge in [-0.05, 0) is 43.5 Å². The second kappa shape index (κ2) is 5.89. The van der Waals surface area contributed by atoms with Gasteiger partial charge in [-0.3, -0.25) is 0 Å². The van der Waals surface area contributed by atoms with Crippen LogP contribution in [-0.2, 0) is 10.0 Å². The fourth-order valence-electron chi connectivity index (χ4n) is 1.49. The van der Waals surface area contributed by atoms with Crippen molar-refractivity contribution in [1.29, 1.82) is 0 Å². The van der Waals surface area contributed by atoms with E-state index in [4.69, 9.17) is 12.2 Å². The lowest BCUT2D eigenvalue weighted by Gasteiger charge is -2.10. The van der Waals surface area contributed by atoms with E-state index in [1.54, 1.807) is 6.07 Å². The molecule has 1 aromatic carbocycles. The van der Waals surface area contributed by atoms with E-state index in [2.05, 4.69) is 10.6 Å². The Morgan fingerprint density at radius 1 is 1.39 bits per heavy atom. The van der Waals surface area contributed by atoms with Gasteiger partial charge >= 0.3 is 0 Å². The molecule has 18 heavy (non-hydrogen) atoms. The number of hydrogen-bond donors (Lipinski definition) is 2. The predicted octanol–water partition coefficient (Wildman–Crippen LogP) is 1.58. The zero-order valence-corrected chi connectivity index (χ0v) is 11.5. The summed E-state index contributed by atoms with van der Waals surface area (Å²) in [5.74, 6) is 2.46. The van der Waals surface area contributed by atoms with Crippen LogP contribution in [0.1, 0.15) is 24.0 Å². The molecule has 0 amide bonds. The molecule has 0 unspecified atom stereocenters. The summed E-state index contributed by atoms with van der Waals surface area (Å²) in [6.45, 7) is 4.03. The minimum absolute atomic E-state index is 0.198. The highest BCUT2D eigenvalue weighted by Gasteiger charge is 2.15. The average Bonchev–Trinajstić information content (AvgIpc) is 2.31. The number of unbranched alkanes of at least 4 members (excludes halogenated alkanes) is 1. The number of aryl methyl sites for hydroxylation is 1. The summed E-state index contributed by atoms with van der Waals surface area (Å²) in [6.07, 6.45) is 6.28. The molecule has 0 aliphatic rings. The largest absolute Gasteiger partial charge is 0.398 e. The Balaban J connectivity index is 2.89. The Morgan fingerprint density at radius 2 is 2.06 bits per heavy atom. The van der Waals surface area contributed by atoms with Crippen LogP contribution < -0.4 is 10.5 Å². The molecular formula is C13H18N2O2S. The molecule has 0 saturated heterocycles. The summed E-state index contributed by atoms with van der Waals surface area (Å²) in [6, 6.07) is 3.10. The number of nitrogen functional groups attached to an aromatic ring is 1. The first-order chi connectivity index (χ1) is 8.38. The summed E-state index contributed by atoms with van der Waals surface area (Å²) in [7, 11) is -3.50. The van der Waals surface area contributed by atoms with Crippen molar-refractivity contribution in [3.8, 4) is 12.3 Å². The van der Waals surface area contributed by atoms with Gasteiger partial charge in [0.15, 0.2) is 0 Å². The lowest BCUT2D eigenvalue weighted by molar-refractivity contribution is 0.579. The first kappa shape index (κ1) is 14.6. The first-order valence-electron chi connectivity index (χ1n) is 5.68. The molecule has 5 heteroatoms. The van der Waals surface area contributed by atoms with Gasteiger partial charge in [0.25, 0.3) is 0 Å². The number of benzene rings is 1. The highest BCUT2D eigenvalue weighted by Crippen LogP contribution is 2.21. The molecule has 0 atom stereocenters. The van der Waals surface area contributed by atoms with Crippen LogP contribution in [0.25, 0.3) is 0 Å². The van der Waals surface area contributed by atoms with Crippen LogP contribution in [0, 0.1) is 26.2 Å². The Bertz CT molecular complexity index is 548. The molecule has 98 valence electrons. The second-order valence-corrected chi connectivity index (χ2v) is 5.93. The van der Waals surface area contributed by atoms with Gasteiger partial charge in [0.2, 0.25) is 10.0 Å². The summed E-state index contributed by atoms with van der Waals surface area (Å²) in [4.78, 5) is 0.198. The third-order valence-corrected chi connectivity index (χ3v) is 4.22. The van der Waals surface area contributed by atoms with Crippen molar-refractivity contribution in [2.75, 3.05) is 12.3 Å². The lowest BCUT2D eigenvalue weighted by atomic mass is 10.1. The maximum atomic E-state index is 12.0. The van der Waals surface area contributed by atoms with Gasteiger partial charge in [0.1, 0.15) is 0 Å². The molecule has 0 aliphatic heterocycles. The minimum atomic E-state index is -3.50. The van der Waals surface area contributed by atoms with Gasteiger partial charge in [0, 0.05) is 18.7 Å². The summed E-state index contributed by atoms with van der Waals surface area (Å²) in [5.41, 5.74) is 8.03. The Hall–Kier alpha value is -1.51. The van der Waals surface area contributed by atoms with Gasteiger partial charge in [-0.25, -0.2) is 13.1 Å². The van der Waals surface area contributed by atoms with E-state index in [0.29, 0.717) is 25.1 Å². The third-order valence-electron chi connectivity index (χ3n) is 2.78. The summed E-state index contributed by atoms with van der Waals surface area (Å²) < 4.78 is 26.5. The topological polar surface area (TPSA) is 72.2 Å². The van der Waals surface area contributed by atoms with Gasteiger partial charge in [0.05, 0.1) is 4.90 Å². The van der Waals surface area contributed by atoms with Crippen molar-refractivity contribution in [1.82, 2.24) is 4.72 Å². The van der Waals surface area contributed by atoms with Gasteiger partial charge in [-0.15, -0.1) is 12.3 Å². The zero-order chi connectivity index (χ0) is 13.8. The summed E-state index contributed by atoms with van der Waals surface area (Å²) in [5, 5.41) is 0. The fraction of sp³-hybridized carbons (Fsp3) is 0.385. The van der Waals surface area contributed by atoms with E-state index < -0.39 is 10.0 Å². The molecule has 3 N–H and O–H groups in total. The number of nitrogens with two attached hydrogens (primary N) is 1. The van der Waals surface area contributed by atoms with Crippen LogP contribution >= 0.6 is 0 Å². The van der Waals surface area contributed by atoms with Crippen molar-refractivity contribution >= 4 is 15.7 Å². The minimum Gasteiger partial charge on any atom is -0.398 e. The molecule has 0 aliphatic carbocycles. The molecule has 0 saturated carbocycles. The molecule has 0 spiro atoms.